The second-order valence-electron chi connectivity index (χ2n) is 3.49. The first-order valence-corrected chi connectivity index (χ1v) is 5.95. The van der Waals surface area contributed by atoms with Gasteiger partial charge < -0.3 is 5.43 Å². The molecule has 0 saturated carbocycles. The largest absolute Gasteiger partial charge is 0.416 e. The molecule has 0 radical (unpaired) electrons. The van der Waals surface area contributed by atoms with Crippen LogP contribution in [0.4, 0.5) is 19.0 Å². The molecule has 2 rings (SSSR count). The summed E-state index contributed by atoms with van der Waals surface area (Å²) in [7, 11) is 0. The number of hydrazine groups is 1. The first kappa shape index (κ1) is 13.6. The Bertz CT molecular complexity index is 560. The van der Waals surface area contributed by atoms with E-state index in [-0.39, 0.29) is 10.8 Å². The second-order valence-corrected chi connectivity index (χ2v) is 4.53. The summed E-state index contributed by atoms with van der Waals surface area (Å²) in [6.45, 7) is 0. The summed E-state index contributed by atoms with van der Waals surface area (Å²) in [5, 5.41) is 0.721. The van der Waals surface area contributed by atoms with Crippen molar-refractivity contribution >= 4 is 17.6 Å². The summed E-state index contributed by atoms with van der Waals surface area (Å²) >= 11 is 1.03. The molecule has 2 aromatic rings. The number of alkyl halides is 3. The Morgan fingerprint density at radius 3 is 2.53 bits per heavy atom. The predicted molar refractivity (Wildman–Crippen MR) is 65.4 cm³/mol. The van der Waals surface area contributed by atoms with Gasteiger partial charge in [-0.1, -0.05) is 17.8 Å². The maximum atomic E-state index is 12.7. The van der Waals surface area contributed by atoms with Gasteiger partial charge in [0.1, 0.15) is 15.9 Å². The molecule has 4 nitrogen and oxygen atoms in total. The Morgan fingerprint density at radius 2 is 1.95 bits per heavy atom. The smallest absolute Gasteiger partial charge is 0.308 e. The fourth-order valence-electron chi connectivity index (χ4n) is 1.31. The van der Waals surface area contributed by atoms with E-state index in [4.69, 9.17) is 5.84 Å². The number of nitrogens with one attached hydrogen (secondary N) is 1. The van der Waals surface area contributed by atoms with Crippen LogP contribution in [-0.4, -0.2) is 9.97 Å². The van der Waals surface area contributed by atoms with Crippen molar-refractivity contribution in [3.05, 3.63) is 42.1 Å². The van der Waals surface area contributed by atoms with Gasteiger partial charge in [0.2, 0.25) is 0 Å². The van der Waals surface area contributed by atoms with Crippen molar-refractivity contribution in [1.82, 2.24) is 9.97 Å². The van der Waals surface area contributed by atoms with Gasteiger partial charge in [0, 0.05) is 6.20 Å². The van der Waals surface area contributed by atoms with Crippen LogP contribution in [0, 0.1) is 0 Å². The van der Waals surface area contributed by atoms with Crippen LogP contribution < -0.4 is 11.3 Å². The molecular weight excluding hydrogens is 277 g/mol. The number of nitrogen functional groups attached to an aromatic ring is 1. The zero-order valence-corrected chi connectivity index (χ0v) is 10.3. The average Bonchev–Trinajstić information content (AvgIpc) is 2.38. The standard InChI is InChI=1S/C11H9F3N4S/c12-11(13,14)7-5-8(18-15)17-10(6-7)19-9-3-1-2-4-16-9/h1-6H,15H2,(H,17,18). The van der Waals surface area contributed by atoms with E-state index in [0.29, 0.717) is 5.03 Å². The molecule has 8 heteroatoms. The summed E-state index contributed by atoms with van der Waals surface area (Å²) in [5.74, 6) is 5.07. The highest BCUT2D eigenvalue weighted by atomic mass is 32.2. The number of halogens is 3. The number of pyridine rings is 2. The lowest BCUT2D eigenvalue weighted by atomic mass is 10.2. The molecule has 0 aliphatic carbocycles. The third-order valence-electron chi connectivity index (χ3n) is 2.12. The molecule has 2 aromatic heterocycles. The topological polar surface area (TPSA) is 63.8 Å². The van der Waals surface area contributed by atoms with E-state index in [1.54, 1.807) is 24.4 Å². The normalized spacial score (nSPS) is 11.4. The molecule has 3 N–H and O–H groups in total. The monoisotopic (exact) mass is 286 g/mol. The van der Waals surface area contributed by atoms with Crippen LogP contribution in [0.25, 0.3) is 0 Å². The fourth-order valence-corrected chi connectivity index (χ4v) is 2.11. The minimum atomic E-state index is -4.45. The maximum absolute atomic E-state index is 12.7. The molecule has 19 heavy (non-hydrogen) atoms. The van der Waals surface area contributed by atoms with Crippen LogP contribution >= 0.6 is 11.8 Å². The third-order valence-corrected chi connectivity index (χ3v) is 2.99. The van der Waals surface area contributed by atoms with E-state index in [9.17, 15) is 13.2 Å². The predicted octanol–water partition coefficient (Wildman–Crippen LogP) is 2.93. The zero-order valence-electron chi connectivity index (χ0n) is 9.48. The quantitative estimate of drug-likeness (QED) is 0.671. The van der Waals surface area contributed by atoms with Crippen LogP contribution in [0.1, 0.15) is 5.56 Å². The summed E-state index contributed by atoms with van der Waals surface area (Å²) in [6, 6.07) is 6.95. The molecule has 100 valence electrons. The summed E-state index contributed by atoms with van der Waals surface area (Å²) < 4.78 is 38.1. The van der Waals surface area contributed by atoms with E-state index in [1.165, 1.54) is 0 Å². The van der Waals surface area contributed by atoms with Gasteiger partial charge in [-0.15, -0.1) is 0 Å². The lowest BCUT2D eigenvalue weighted by molar-refractivity contribution is -0.137. The van der Waals surface area contributed by atoms with Crippen LogP contribution in [0.15, 0.2) is 46.6 Å². The third kappa shape index (κ3) is 3.58. The van der Waals surface area contributed by atoms with Crippen molar-refractivity contribution in [2.24, 2.45) is 5.84 Å². The Balaban J connectivity index is 2.35. The first-order valence-electron chi connectivity index (χ1n) is 5.14. The minimum Gasteiger partial charge on any atom is -0.308 e. The summed E-state index contributed by atoms with van der Waals surface area (Å²) in [5.41, 5.74) is 1.31. The number of hydrogen-bond acceptors (Lipinski definition) is 5. The molecule has 0 amide bonds. The van der Waals surface area contributed by atoms with E-state index in [0.717, 1.165) is 23.9 Å². The fraction of sp³-hybridized carbons (Fsp3) is 0.0909. The lowest BCUT2D eigenvalue weighted by Crippen LogP contribution is -2.12. The van der Waals surface area contributed by atoms with Crippen molar-refractivity contribution in [2.45, 2.75) is 16.2 Å². The lowest BCUT2D eigenvalue weighted by Gasteiger charge is -2.10. The number of hydrogen-bond donors (Lipinski definition) is 2. The maximum Gasteiger partial charge on any atom is 0.416 e. The number of rotatable bonds is 3. The van der Waals surface area contributed by atoms with Gasteiger partial charge in [0.25, 0.3) is 0 Å². The summed E-state index contributed by atoms with van der Waals surface area (Å²) in [6.07, 6.45) is -2.90. The first-order chi connectivity index (χ1) is 8.99. The Hall–Kier alpha value is -1.80. The number of nitrogens with two attached hydrogens (primary N) is 1. The van der Waals surface area contributed by atoms with Crippen LogP contribution in [0.2, 0.25) is 0 Å². The van der Waals surface area contributed by atoms with E-state index < -0.39 is 11.7 Å². The van der Waals surface area contributed by atoms with E-state index in [2.05, 4.69) is 15.4 Å². The molecule has 0 atom stereocenters. The van der Waals surface area contributed by atoms with Gasteiger partial charge in [-0.05, 0) is 24.3 Å². The molecule has 0 aliphatic heterocycles. The molecule has 0 bridgehead atoms. The highest BCUT2D eigenvalue weighted by Gasteiger charge is 2.31. The Morgan fingerprint density at radius 1 is 1.16 bits per heavy atom. The van der Waals surface area contributed by atoms with E-state index in [1.807, 2.05) is 0 Å². The molecule has 2 heterocycles. The molecule has 0 unspecified atom stereocenters. The molecule has 0 fully saturated rings. The van der Waals surface area contributed by atoms with Crippen molar-refractivity contribution in [2.75, 3.05) is 5.43 Å². The molecule has 0 aromatic carbocycles. The van der Waals surface area contributed by atoms with Gasteiger partial charge in [0.05, 0.1) is 5.56 Å². The highest BCUT2D eigenvalue weighted by molar-refractivity contribution is 7.99. The van der Waals surface area contributed by atoms with Crippen LogP contribution in [0.5, 0.6) is 0 Å². The van der Waals surface area contributed by atoms with Crippen molar-refractivity contribution in [1.29, 1.82) is 0 Å². The molecule has 0 saturated heterocycles. The number of nitrogens with zero attached hydrogens (tertiary/aromatic N) is 2. The molecular formula is C11H9F3N4S. The van der Waals surface area contributed by atoms with Crippen LogP contribution in [-0.2, 0) is 6.18 Å². The van der Waals surface area contributed by atoms with Gasteiger partial charge in [0.15, 0.2) is 0 Å². The Labute approximate surface area is 111 Å². The van der Waals surface area contributed by atoms with Crippen molar-refractivity contribution < 1.29 is 13.2 Å². The number of anilines is 1. The minimum absolute atomic E-state index is 0.0479. The zero-order chi connectivity index (χ0) is 13.9. The molecule has 0 spiro atoms. The highest BCUT2D eigenvalue weighted by Crippen LogP contribution is 2.34. The summed E-state index contributed by atoms with van der Waals surface area (Å²) in [4.78, 5) is 7.96. The van der Waals surface area contributed by atoms with E-state index >= 15 is 0 Å². The Kier molecular flexibility index (Phi) is 3.91. The van der Waals surface area contributed by atoms with Gasteiger partial charge in [-0.2, -0.15) is 13.2 Å². The van der Waals surface area contributed by atoms with Crippen molar-refractivity contribution in [3.8, 4) is 0 Å². The van der Waals surface area contributed by atoms with Gasteiger partial charge in [-0.25, -0.2) is 15.8 Å². The van der Waals surface area contributed by atoms with Crippen LogP contribution in [0.3, 0.4) is 0 Å². The SMILES string of the molecule is NNc1cc(C(F)(F)F)cc(Sc2ccccn2)n1. The van der Waals surface area contributed by atoms with Crippen molar-refractivity contribution in [3.63, 3.8) is 0 Å². The van der Waals surface area contributed by atoms with Gasteiger partial charge >= 0.3 is 6.18 Å². The van der Waals surface area contributed by atoms with Gasteiger partial charge in [-0.3, -0.25) is 0 Å². The average molecular weight is 286 g/mol. The molecule has 0 aliphatic rings. The number of aromatic nitrogens is 2. The second kappa shape index (κ2) is 5.45.